The fourth-order valence-corrected chi connectivity index (χ4v) is 3.53. The second-order valence-electron chi connectivity index (χ2n) is 5.85. The van der Waals surface area contributed by atoms with E-state index in [2.05, 4.69) is 21.0 Å². The third-order valence-electron chi connectivity index (χ3n) is 4.03. The summed E-state index contributed by atoms with van der Waals surface area (Å²) in [5.74, 6) is 0.917. The molecule has 0 saturated heterocycles. The van der Waals surface area contributed by atoms with E-state index in [9.17, 15) is 4.79 Å². The minimum atomic E-state index is -0.169. The second kappa shape index (κ2) is 5.21. The Bertz CT molecular complexity index is 463. The molecule has 2 aliphatic carbocycles. The van der Waals surface area contributed by atoms with Gasteiger partial charge in [-0.3, -0.25) is 4.79 Å². The van der Waals surface area contributed by atoms with Gasteiger partial charge in [-0.1, -0.05) is 0 Å². The Morgan fingerprint density at radius 2 is 2.32 bits per heavy atom. The molecule has 104 valence electrons. The van der Waals surface area contributed by atoms with Crippen molar-refractivity contribution in [2.45, 2.75) is 44.6 Å². The van der Waals surface area contributed by atoms with E-state index in [1.165, 1.54) is 19.3 Å². The summed E-state index contributed by atoms with van der Waals surface area (Å²) in [5.41, 5.74) is 0.879. The molecule has 0 atom stereocenters. The van der Waals surface area contributed by atoms with E-state index in [4.69, 9.17) is 0 Å². The van der Waals surface area contributed by atoms with Crippen molar-refractivity contribution in [2.24, 2.45) is 5.92 Å². The van der Waals surface area contributed by atoms with Crippen molar-refractivity contribution in [3.05, 3.63) is 16.1 Å². The van der Waals surface area contributed by atoms with Crippen LogP contribution >= 0.6 is 11.3 Å². The number of nitrogens with one attached hydrogen (secondary N) is 2. The molecule has 2 saturated carbocycles. The standard InChI is InChI=1S/C14H21N3OS/c1-10-9-19-13(16-10)14(5-2-6-14)17-12(18)8-15-7-11-3-4-11/h9,11,15H,2-8H2,1H3,(H,17,18). The van der Waals surface area contributed by atoms with Gasteiger partial charge < -0.3 is 10.6 Å². The molecule has 2 fully saturated rings. The zero-order valence-corrected chi connectivity index (χ0v) is 12.2. The van der Waals surface area contributed by atoms with Crippen LogP contribution in [-0.2, 0) is 10.3 Å². The van der Waals surface area contributed by atoms with E-state index in [0.29, 0.717) is 6.54 Å². The summed E-state index contributed by atoms with van der Waals surface area (Å²) >= 11 is 1.67. The first kappa shape index (κ1) is 13.1. The molecule has 1 amide bonds. The summed E-state index contributed by atoms with van der Waals surface area (Å²) in [7, 11) is 0. The number of aromatic nitrogens is 1. The minimum absolute atomic E-state index is 0.105. The van der Waals surface area contributed by atoms with Crippen molar-refractivity contribution in [2.75, 3.05) is 13.1 Å². The van der Waals surface area contributed by atoms with Gasteiger partial charge in [-0.15, -0.1) is 11.3 Å². The zero-order valence-electron chi connectivity index (χ0n) is 11.4. The highest BCUT2D eigenvalue weighted by molar-refractivity contribution is 7.09. The summed E-state index contributed by atoms with van der Waals surface area (Å²) in [6.07, 6.45) is 5.85. The van der Waals surface area contributed by atoms with Crippen LogP contribution in [0.3, 0.4) is 0 Å². The SMILES string of the molecule is Cc1csc(C2(NC(=O)CNCC3CC3)CCC2)n1. The molecule has 0 aliphatic heterocycles. The topological polar surface area (TPSA) is 54.0 Å². The second-order valence-corrected chi connectivity index (χ2v) is 6.71. The lowest BCUT2D eigenvalue weighted by molar-refractivity contribution is -0.123. The van der Waals surface area contributed by atoms with Crippen molar-refractivity contribution in [3.8, 4) is 0 Å². The lowest BCUT2D eigenvalue weighted by atomic mass is 9.77. The van der Waals surface area contributed by atoms with Gasteiger partial charge in [0.15, 0.2) is 0 Å². The van der Waals surface area contributed by atoms with Gasteiger partial charge in [-0.25, -0.2) is 4.98 Å². The van der Waals surface area contributed by atoms with Crippen LogP contribution in [0.15, 0.2) is 5.38 Å². The summed E-state index contributed by atoms with van der Waals surface area (Å²) in [6, 6.07) is 0. The lowest BCUT2D eigenvalue weighted by Crippen LogP contribution is -2.53. The van der Waals surface area contributed by atoms with Crippen LogP contribution in [0.4, 0.5) is 0 Å². The molecule has 0 spiro atoms. The highest BCUT2D eigenvalue weighted by Gasteiger charge is 2.42. The number of amides is 1. The number of rotatable bonds is 6. The van der Waals surface area contributed by atoms with Crippen molar-refractivity contribution < 1.29 is 4.79 Å². The number of hydrogen-bond acceptors (Lipinski definition) is 4. The number of hydrogen-bond donors (Lipinski definition) is 2. The maximum atomic E-state index is 12.0. The van der Waals surface area contributed by atoms with E-state index >= 15 is 0 Å². The van der Waals surface area contributed by atoms with Crippen LogP contribution in [0.1, 0.15) is 42.8 Å². The van der Waals surface area contributed by atoms with Gasteiger partial charge in [0, 0.05) is 11.1 Å². The molecule has 1 heterocycles. The number of thiazole rings is 1. The van der Waals surface area contributed by atoms with Crippen LogP contribution in [0.5, 0.6) is 0 Å². The van der Waals surface area contributed by atoms with Gasteiger partial charge in [0.2, 0.25) is 5.91 Å². The van der Waals surface area contributed by atoms with E-state index in [1.54, 1.807) is 11.3 Å². The maximum Gasteiger partial charge on any atom is 0.234 e. The van der Waals surface area contributed by atoms with E-state index < -0.39 is 0 Å². The smallest absolute Gasteiger partial charge is 0.234 e. The van der Waals surface area contributed by atoms with Crippen molar-refractivity contribution in [3.63, 3.8) is 0 Å². The van der Waals surface area contributed by atoms with Gasteiger partial charge >= 0.3 is 0 Å². The first-order chi connectivity index (χ1) is 9.18. The fourth-order valence-electron chi connectivity index (χ4n) is 2.52. The Morgan fingerprint density at radius 1 is 1.53 bits per heavy atom. The molecule has 0 bridgehead atoms. The molecular weight excluding hydrogens is 258 g/mol. The largest absolute Gasteiger partial charge is 0.343 e. The first-order valence-electron chi connectivity index (χ1n) is 7.12. The molecule has 19 heavy (non-hydrogen) atoms. The Morgan fingerprint density at radius 3 is 2.84 bits per heavy atom. The van der Waals surface area contributed by atoms with Gasteiger partial charge in [0.05, 0.1) is 12.1 Å². The Hall–Kier alpha value is -0.940. The third kappa shape index (κ3) is 2.98. The Balaban J connectivity index is 1.54. The molecule has 2 N–H and O–H groups in total. The normalized spacial score (nSPS) is 20.9. The van der Waals surface area contributed by atoms with Gasteiger partial charge in [0.1, 0.15) is 5.01 Å². The highest BCUT2D eigenvalue weighted by atomic mass is 32.1. The summed E-state index contributed by atoms with van der Waals surface area (Å²) < 4.78 is 0. The highest BCUT2D eigenvalue weighted by Crippen LogP contribution is 2.42. The fraction of sp³-hybridized carbons (Fsp3) is 0.714. The van der Waals surface area contributed by atoms with Crippen LogP contribution in [0.2, 0.25) is 0 Å². The predicted molar refractivity (Wildman–Crippen MR) is 76.1 cm³/mol. The Labute approximate surface area is 118 Å². The van der Waals surface area contributed by atoms with Crippen LogP contribution in [-0.4, -0.2) is 24.0 Å². The Kier molecular flexibility index (Phi) is 3.58. The quantitative estimate of drug-likeness (QED) is 0.837. The number of nitrogens with zero attached hydrogens (tertiary/aromatic N) is 1. The number of carbonyl (C=O) groups excluding carboxylic acids is 1. The molecular formula is C14H21N3OS. The molecule has 1 aromatic rings. The minimum Gasteiger partial charge on any atom is -0.343 e. The summed E-state index contributed by atoms with van der Waals surface area (Å²) in [6.45, 7) is 3.42. The van der Waals surface area contributed by atoms with Crippen molar-refractivity contribution >= 4 is 17.2 Å². The zero-order chi connectivity index (χ0) is 13.3. The molecule has 0 radical (unpaired) electrons. The first-order valence-corrected chi connectivity index (χ1v) is 8.00. The van der Waals surface area contributed by atoms with Crippen LogP contribution in [0, 0.1) is 12.8 Å². The molecule has 0 aromatic carbocycles. The molecule has 0 unspecified atom stereocenters. The van der Waals surface area contributed by atoms with Gasteiger partial charge in [0.25, 0.3) is 0 Å². The van der Waals surface area contributed by atoms with E-state index in [-0.39, 0.29) is 11.4 Å². The van der Waals surface area contributed by atoms with Crippen LogP contribution in [0.25, 0.3) is 0 Å². The molecule has 5 heteroatoms. The average molecular weight is 279 g/mol. The maximum absolute atomic E-state index is 12.0. The van der Waals surface area contributed by atoms with Crippen molar-refractivity contribution in [1.82, 2.24) is 15.6 Å². The van der Waals surface area contributed by atoms with Crippen LogP contribution < -0.4 is 10.6 Å². The van der Waals surface area contributed by atoms with E-state index in [1.807, 2.05) is 6.92 Å². The number of carbonyl (C=O) groups is 1. The molecule has 1 aromatic heterocycles. The van der Waals surface area contributed by atoms with Gasteiger partial charge in [-0.2, -0.15) is 0 Å². The predicted octanol–water partition coefficient (Wildman–Crippen LogP) is 1.95. The van der Waals surface area contributed by atoms with Gasteiger partial charge in [-0.05, 0) is 51.5 Å². The summed E-state index contributed by atoms with van der Waals surface area (Å²) in [5, 5.41) is 9.58. The molecule has 2 aliphatic rings. The summed E-state index contributed by atoms with van der Waals surface area (Å²) in [4.78, 5) is 16.6. The molecule has 3 rings (SSSR count). The third-order valence-corrected chi connectivity index (χ3v) is 5.19. The monoisotopic (exact) mass is 279 g/mol. The molecule has 4 nitrogen and oxygen atoms in total. The van der Waals surface area contributed by atoms with E-state index in [0.717, 1.165) is 36.0 Å². The number of aryl methyl sites for hydroxylation is 1. The lowest BCUT2D eigenvalue weighted by Gasteiger charge is -2.40. The average Bonchev–Trinajstić information content (AvgIpc) is 3.05. The van der Waals surface area contributed by atoms with Crippen molar-refractivity contribution in [1.29, 1.82) is 0 Å².